The second-order valence-electron chi connectivity index (χ2n) is 6.09. The highest BCUT2D eigenvalue weighted by Crippen LogP contribution is 2.50. The van der Waals surface area contributed by atoms with Crippen molar-refractivity contribution in [3.63, 3.8) is 0 Å². The van der Waals surface area contributed by atoms with Crippen LogP contribution in [0, 0.1) is 5.92 Å². The lowest BCUT2D eigenvalue weighted by Crippen LogP contribution is -2.41. The standard InChI is InChI=1S/C16H22N2O.ClH/c1-12-9-13(10-17)11-18(12)15(19)16(7-8-16)14-5-3-2-4-6-14;/h2-6,12-13H,7-11,17H2,1H3;1H. The molecule has 1 aromatic rings. The maximum Gasteiger partial charge on any atom is 0.233 e. The Morgan fingerprint density at radius 1 is 1.35 bits per heavy atom. The molecule has 0 spiro atoms. The predicted octanol–water partition coefficient (Wildman–Crippen LogP) is 2.34. The van der Waals surface area contributed by atoms with E-state index in [2.05, 4.69) is 24.0 Å². The lowest BCUT2D eigenvalue weighted by molar-refractivity contribution is -0.134. The largest absolute Gasteiger partial charge is 0.339 e. The summed E-state index contributed by atoms with van der Waals surface area (Å²) in [5.74, 6) is 0.799. The predicted molar refractivity (Wildman–Crippen MR) is 82.9 cm³/mol. The number of carbonyl (C=O) groups excluding carboxylic acids is 1. The van der Waals surface area contributed by atoms with E-state index in [4.69, 9.17) is 5.73 Å². The minimum absolute atomic E-state index is 0. The van der Waals surface area contributed by atoms with Gasteiger partial charge in [-0.2, -0.15) is 0 Å². The third kappa shape index (κ3) is 2.45. The maximum atomic E-state index is 12.9. The second-order valence-corrected chi connectivity index (χ2v) is 6.09. The molecule has 2 unspecified atom stereocenters. The van der Waals surface area contributed by atoms with Crippen LogP contribution < -0.4 is 5.73 Å². The molecule has 1 aromatic carbocycles. The fourth-order valence-corrected chi connectivity index (χ4v) is 3.38. The number of benzene rings is 1. The quantitative estimate of drug-likeness (QED) is 0.930. The number of nitrogens with zero attached hydrogens (tertiary/aromatic N) is 1. The number of hydrogen-bond acceptors (Lipinski definition) is 2. The van der Waals surface area contributed by atoms with Crippen molar-refractivity contribution in [3.05, 3.63) is 35.9 Å². The summed E-state index contributed by atoms with van der Waals surface area (Å²) in [5.41, 5.74) is 6.72. The summed E-state index contributed by atoms with van der Waals surface area (Å²) in [4.78, 5) is 15.0. The van der Waals surface area contributed by atoms with E-state index in [1.54, 1.807) is 0 Å². The van der Waals surface area contributed by atoms with Gasteiger partial charge in [-0.25, -0.2) is 0 Å². The fraction of sp³-hybridized carbons (Fsp3) is 0.562. The molecule has 1 aliphatic carbocycles. The Labute approximate surface area is 126 Å². The monoisotopic (exact) mass is 294 g/mol. The molecule has 110 valence electrons. The lowest BCUT2D eigenvalue weighted by Gasteiger charge is -2.27. The Kier molecular flexibility index (Phi) is 4.40. The minimum atomic E-state index is -0.223. The van der Waals surface area contributed by atoms with Gasteiger partial charge in [-0.1, -0.05) is 30.3 Å². The number of halogens is 1. The number of rotatable bonds is 3. The number of amides is 1. The second kappa shape index (κ2) is 5.74. The zero-order chi connectivity index (χ0) is 13.5. The minimum Gasteiger partial charge on any atom is -0.339 e. The van der Waals surface area contributed by atoms with Crippen LogP contribution in [0.5, 0.6) is 0 Å². The van der Waals surface area contributed by atoms with Crippen molar-refractivity contribution in [1.82, 2.24) is 4.90 Å². The molecular weight excluding hydrogens is 272 g/mol. The van der Waals surface area contributed by atoms with E-state index in [0.717, 1.165) is 25.8 Å². The summed E-state index contributed by atoms with van der Waals surface area (Å²) in [6.45, 7) is 3.67. The van der Waals surface area contributed by atoms with Crippen LogP contribution in [0.1, 0.15) is 31.7 Å². The maximum absolute atomic E-state index is 12.9. The number of hydrogen-bond donors (Lipinski definition) is 1. The van der Waals surface area contributed by atoms with E-state index in [1.165, 1.54) is 5.56 Å². The van der Waals surface area contributed by atoms with Gasteiger partial charge >= 0.3 is 0 Å². The van der Waals surface area contributed by atoms with Crippen molar-refractivity contribution < 1.29 is 4.79 Å². The van der Waals surface area contributed by atoms with E-state index < -0.39 is 0 Å². The first kappa shape index (κ1) is 15.3. The Balaban J connectivity index is 0.00000147. The topological polar surface area (TPSA) is 46.3 Å². The first-order chi connectivity index (χ1) is 9.17. The molecular formula is C16H23ClN2O. The number of nitrogens with two attached hydrogens (primary N) is 1. The molecule has 0 aromatic heterocycles. The third-order valence-electron chi connectivity index (χ3n) is 4.74. The summed E-state index contributed by atoms with van der Waals surface area (Å²) in [5, 5.41) is 0. The average molecular weight is 295 g/mol. The summed E-state index contributed by atoms with van der Waals surface area (Å²) in [6, 6.07) is 10.6. The highest BCUT2D eigenvalue weighted by atomic mass is 35.5. The molecule has 3 rings (SSSR count). The van der Waals surface area contributed by atoms with Crippen LogP contribution in [0.2, 0.25) is 0 Å². The molecule has 2 aliphatic rings. The summed E-state index contributed by atoms with van der Waals surface area (Å²) < 4.78 is 0. The van der Waals surface area contributed by atoms with Crippen molar-refractivity contribution >= 4 is 18.3 Å². The lowest BCUT2D eigenvalue weighted by atomic mass is 9.94. The SMILES string of the molecule is CC1CC(CN)CN1C(=O)C1(c2ccccc2)CC1.Cl. The first-order valence-electron chi connectivity index (χ1n) is 7.24. The van der Waals surface area contributed by atoms with Crippen LogP contribution in [0.3, 0.4) is 0 Å². The molecule has 0 bridgehead atoms. The highest BCUT2D eigenvalue weighted by Gasteiger charge is 2.54. The zero-order valence-electron chi connectivity index (χ0n) is 11.9. The van der Waals surface area contributed by atoms with Gasteiger partial charge in [0.05, 0.1) is 5.41 Å². The first-order valence-corrected chi connectivity index (χ1v) is 7.24. The van der Waals surface area contributed by atoms with Gasteiger partial charge in [0.2, 0.25) is 5.91 Å². The van der Waals surface area contributed by atoms with Gasteiger partial charge in [-0.3, -0.25) is 4.79 Å². The van der Waals surface area contributed by atoms with Crippen molar-refractivity contribution in [2.24, 2.45) is 11.7 Å². The smallest absolute Gasteiger partial charge is 0.233 e. The van der Waals surface area contributed by atoms with Crippen molar-refractivity contribution in [2.75, 3.05) is 13.1 Å². The molecule has 4 heteroatoms. The normalized spacial score (nSPS) is 27.0. The molecule has 1 amide bonds. The number of likely N-dealkylation sites (tertiary alicyclic amines) is 1. The Morgan fingerprint density at radius 3 is 2.50 bits per heavy atom. The zero-order valence-corrected chi connectivity index (χ0v) is 12.7. The molecule has 1 saturated heterocycles. The van der Waals surface area contributed by atoms with Crippen LogP contribution in [0.4, 0.5) is 0 Å². The van der Waals surface area contributed by atoms with Crippen LogP contribution >= 0.6 is 12.4 Å². The molecule has 1 aliphatic heterocycles. The Bertz CT molecular complexity index is 473. The molecule has 2 fully saturated rings. The Hall–Kier alpha value is -1.06. The van der Waals surface area contributed by atoms with E-state index in [0.29, 0.717) is 24.4 Å². The van der Waals surface area contributed by atoms with Gasteiger partial charge in [-0.15, -0.1) is 12.4 Å². The molecule has 1 saturated carbocycles. The van der Waals surface area contributed by atoms with Gasteiger partial charge < -0.3 is 10.6 Å². The number of carbonyl (C=O) groups is 1. The van der Waals surface area contributed by atoms with Crippen LogP contribution in [0.25, 0.3) is 0 Å². The molecule has 0 radical (unpaired) electrons. The van der Waals surface area contributed by atoms with Gasteiger partial charge in [0.25, 0.3) is 0 Å². The average Bonchev–Trinajstić information content (AvgIpc) is 3.17. The Morgan fingerprint density at radius 2 is 2.00 bits per heavy atom. The van der Waals surface area contributed by atoms with E-state index in [1.807, 2.05) is 18.2 Å². The van der Waals surface area contributed by atoms with Crippen LogP contribution in [-0.4, -0.2) is 29.9 Å². The van der Waals surface area contributed by atoms with Crippen LogP contribution in [-0.2, 0) is 10.2 Å². The molecule has 2 atom stereocenters. The van der Waals surface area contributed by atoms with Gasteiger partial charge in [0, 0.05) is 12.6 Å². The molecule has 20 heavy (non-hydrogen) atoms. The fourth-order valence-electron chi connectivity index (χ4n) is 3.38. The molecule has 1 heterocycles. The summed E-state index contributed by atoms with van der Waals surface area (Å²) in [7, 11) is 0. The van der Waals surface area contributed by atoms with E-state index >= 15 is 0 Å². The van der Waals surface area contributed by atoms with Crippen molar-refractivity contribution in [2.45, 2.75) is 37.6 Å². The van der Waals surface area contributed by atoms with Gasteiger partial charge in [-0.05, 0) is 44.2 Å². The van der Waals surface area contributed by atoms with E-state index in [9.17, 15) is 4.79 Å². The molecule has 3 nitrogen and oxygen atoms in total. The van der Waals surface area contributed by atoms with Crippen molar-refractivity contribution in [1.29, 1.82) is 0 Å². The third-order valence-corrected chi connectivity index (χ3v) is 4.74. The highest BCUT2D eigenvalue weighted by molar-refractivity contribution is 5.91. The van der Waals surface area contributed by atoms with E-state index in [-0.39, 0.29) is 17.8 Å². The molecule has 2 N–H and O–H groups in total. The summed E-state index contributed by atoms with van der Waals surface area (Å²) in [6.07, 6.45) is 3.03. The van der Waals surface area contributed by atoms with Crippen molar-refractivity contribution in [3.8, 4) is 0 Å². The summed E-state index contributed by atoms with van der Waals surface area (Å²) >= 11 is 0. The van der Waals surface area contributed by atoms with Crippen LogP contribution in [0.15, 0.2) is 30.3 Å². The van der Waals surface area contributed by atoms with Gasteiger partial charge in [0.15, 0.2) is 0 Å². The van der Waals surface area contributed by atoms with Gasteiger partial charge in [0.1, 0.15) is 0 Å².